The molecule has 2 rings (SSSR count). The van der Waals surface area contributed by atoms with Crippen molar-refractivity contribution in [2.75, 3.05) is 7.11 Å². The highest BCUT2D eigenvalue weighted by atomic mass is 16.5. The first kappa shape index (κ1) is 9.51. The summed E-state index contributed by atoms with van der Waals surface area (Å²) in [6.07, 6.45) is 8.95. The van der Waals surface area contributed by atoms with Crippen LogP contribution in [0.4, 0.5) is 0 Å². The standard InChI is InChI=1S/C12H22O/c1-11(2)8-9-12(10(11)13-3)6-4-5-7-12/h10H,4-9H2,1-3H3. The predicted molar refractivity (Wildman–Crippen MR) is 54.7 cm³/mol. The highest BCUT2D eigenvalue weighted by Gasteiger charge is 2.53. The molecule has 13 heavy (non-hydrogen) atoms. The second-order valence-corrected chi connectivity index (χ2v) is 5.67. The fourth-order valence-electron chi connectivity index (χ4n) is 3.82. The summed E-state index contributed by atoms with van der Waals surface area (Å²) in [6, 6.07) is 0. The van der Waals surface area contributed by atoms with E-state index in [1.165, 1.54) is 38.5 Å². The van der Waals surface area contributed by atoms with Crippen molar-refractivity contribution in [3.8, 4) is 0 Å². The molecule has 2 aliphatic rings. The Morgan fingerprint density at radius 3 is 2.15 bits per heavy atom. The molecule has 0 amide bonds. The molecule has 0 aromatic carbocycles. The summed E-state index contributed by atoms with van der Waals surface area (Å²) >= 11 is 0. The molecule has 0 N–H and O–H groups in total. The summed E-state index contributed by atoms with van der Waals surface area (Å²) < 4.78 is 5.76. The second kappa shape index (κ2) is 2.98. The molecule has 0 bridgehead atoms. The fourth-order valence-corrected chi connectivity index (χ4v) is 3.82. The highest BCUT2D eigenvalue weighted by molar-refractivity contribution is 5.03. The third kappa shape index (κ3) is 1.32. The van der Waals surface area contributed by atoms with E-state index in [-0.39, 0.29) is 0 Å². The van der Waals surface area contributed by atoms with Gasteiger partial charge < -0.3 is 4.74 Å². The molecule has 2 saturated carbocycles. The number of hydrogen-bond acceptors (Lipinski definition) is 1. The quantitative estimate of drug-likeness (QED) is 0.604. The Balaban J connectivity index is 2.21. The Kier molecular flexibility index (Phi) is 2.18. The second-order valence-electron chi connectivity index (χ2n) is 5.67. The van der Waals surface area contributed by atoms with Crippen molar-refractivity contribution in [2.45, 2.75) is 58.5 Å². The molecule has 2 aliphatic carbocycles. The van der Waals surface area contributed by atoms with Gasteiger partial charge in [0.1, 0.15) is 0 Å². The van der Waals surface area contributed by atoms with E-state index >= 15 is 0 Å². The molecule has 1 unspecified atom stereocenters. The van der Waals surface area contributed by atoms with E-state index in [4.69, 9.17) is 4.74 Å². The lowest BCUT2D eigenvalue weighted by atomic mass is 9.77. The zero-order valence-corrected chi connectivity index (χ0v) is 9.23. The third-order valence-electron chi connectivity index (χ3n) is 4.37. The zero-order valence-electron chi connectivity index (χ0n) is 9.23. The van der Waals surface area contributed by atoms with Crippen molar-refractivity contribution in [3.63, 3.8) is 0 Å². The minimum Gasteiger partial charge on any atom is -0.380 e. The van der Waals surface area contributed by atoms with Crippen molar-refractivity contribution in [2.24, 2.45) is 10.8 Å². The molecule has 0 radical (unpaired) electrons. The van der Waals surface area contributed by atoms with Crippen LogP contribution in [0.3, 0.4) is 0 Å². The van der Waals surface area contributed by atoms with Crippen molar-refractivity contribution in [1.82, 2.24) is 0 Å². The summed E-state index contributed by atoms with van der Waals surface area (Å²) in [5, 5.41) is 0. The Hall–Kier alpha value is -0.0400. The van der Waals surface area contributed by atoms with Crippen LogP contribution in [0.1, 0.15) is 52.4 Å². The number of ether oxygens (including phenoxy) is 1. The SMILES string of the molecule is COC1C(C)(C)CCC12CCCC2. The van der Waals surface area contributed by atoms with Gasteiger partial charge in [0.2, 0.25) is 0 Å². The number of methoxy groups -OCH3 is 1. The minimum atomic E-state index is 0.416. The van der Waals surface area contributed by atoms with Gasteiger partial charge >= 0.3 is 0 Å². The molecule has 0 aromatic heterocycles. The summed E-state index contributed by atoms with van der Waals surface area (Å²) in [7, 11) is 1.90. The first-order valence-corrected chi connectivity index (χ1v) is 5.64. The van der Waals surface area contributed by atoms with Crippen LogP contribution in [0.2, 0.25) is 0 Å². The summed E-state index contributed by atoms with van der Waals surface area (Å²) in [4.78, 5) is 0. The minimum absolute atomic E-state index is 0.416. The van der Waals surface area contributed by atoms with Gasteiger partial charge in [0.15, 0.2) is 0 Å². The Bertz CT molecular complexity index is 189. The van der Waals surface area contributed by atoms with Crippen LogP contribution in [-0.2, 0) is 4.74 Å². The molecule has 1 atom stereocenters. The molecule has 76 valence electrons. The van der Waals surface area contributed by atoms with E-state index in [0.29, 0.717) is 16.9 Å². The van der Waals surface area contributed by atoms with Crippen LogP contribution < -0.4 is 0 Å². The lowest BCUT2D eigenvalue weighted by molar-refractivity contribution is -0.0415. The molecule has 1 nitrogen and oxygen atoms in total. The zero-order chi connectivity index (χ0) is 9.53. The molecule has 1 heteroatoms. The average Bonchev–Trinajstić information content (AvgIpc) is 2.60. The summed E-state index contributed by atoms with van der Waals surface area (Å²) in [6.45, 7) is 4.74. The van der Waals surface area contributed by atoms with E-state index < -0.39 is 0 Å². The monoisotopic (exact) mass is 182 g/mol. The largest absolute Gasteiger partial charge is 0.380 e. The van der Waals surface area contributed by atoms with Gasteiger partial charge in [-0.15, -0.1) is 0 Å². The van der Waals surface area contributed by atoms with Crippen LogP contribution in [0.5, 0.6) is 0 Å². The van der Waals surface area contributed by atoms with Crippen molar-refractivity contribution >= 4 is 0 Å². The molecule has 0 heterocycles. The lowest BCUT2D eigenvalue weighted by Gasteiger charge is -2.36. The summed E-state index contributed by atoms with van der Waals surface area (Å²) in [5.74, 6) is 0. The summed E-state index contributed by atoms with van der Waals surface area (Å²) in [5.41, 5.74) is 0.983. The van der Waals surface area contributed by atoms with Crippen molar-refractivity contribution in [3.05, 3.63) is 0 Å². The smallest absolute Gasteiger partial charge is 0.0678 e. The van der Waals surface area contributed by atoms with Gasteiger partial charge in [-0.05, 0) is 36.5 Å². The molecule has 0 aliphatic heterocycles. The van der Waals surface area contributed by atoms with Crippen LogP contribution in [0.15, 0.2) is 0 Å². The van der Waals surface area contributed by atoms with Gasteiger partial charge in [-0.25, -0.2) is 0 Å². The molecule has 0 aromatic rings. The van der Waals surface area contributed by atoms with Crippen LogP contribution in [-0.4, -0.2) is 13.2 Å². The average molecular weight is 182 g/mol. The van der Waals surface area contributed by atoms with Gasteiger partial charge in [-0.1, -0.05) is 26.7 Å². The van der Waals surface area contributed by atoms with Gasteiger partial charge in [-0.2, -0.15) is 0 Å². The fraction of sp³-hybridized carbons (Fsp3) is 1.00. The molecule has 1 spiro atoms. The van der Waals surface area contributed by atoms with E-state index in [1.54, 1.807) is 0 Å². The Morgan fingerprint density at radius 1 is 1.00 bits per heavy atom. The van der Waals surface area contributed by atoms with Gasteiger partial charge in [-0.3, -0.25) is 0 Å². The molecule has 0 saturated heterocycles. The highest BCUT2D eigenvalue weighted by Crippen LogP contribution is 2.58. The van der Waals surface area contributed by atoms with Crippen LogP contribution in [0.25, 0.3) is 0 Å². The van der Waals surface area contributed by atoms with Crippen molar-refractivity contribution in [1.29, 1.82) is 0 Å². The van der Waals surface area contributed by atoms with Gasteiger partial charge in [0, 0.05) is 7.11 Å². The van der Waals surface area contributed by atoms with Gasteiger partial charge in [0.25, 0.3) is 0 Å². The van der Waals surface area contributed by atoms with Crippen molar-refractivity contribution < 1.29 is 4.74 Å². The first-order valence-electron chi connectivity index (χ1n) is 5.64. The Labute approximate surface area is 81.9 Å². The van der Waals surface area contributed by atoms with E-state index in [2.05, 4.69) is 13.8 Å². The van der Waals surface area contributed by atoms with Crippen LogP contribution >= 0.6 is 0 Å². The maximum absolute atomic E-state index is 5.76. The maximum atomic E-state index is 5.76. The molecule has 2 fully saturated rings. The normalized spacial score (nSPS) is 35.8. The topological polar surface area (TPSA) is 9.23 Å². The maximum Gasteiger partial charge on any atom is 0.0678 e. The number of rotatable bonds is 1. The van der Waals surface area contributed by atoms with Gasteiger partial charge in [0.05, 0.1) is 6.10 Å². The van der Waals surface area contributed by atoms with E-state index in [9.17, 15) is 0 Å². The van der Waals surface area contributed by atoms with E-state index in [1.807, 2.05) is 7.11 Å². The van der Waals surface area contributed by atoms with E-state index in [0.717, 1.165) is 0 Å². The third-order valence-corrected chi connectivity index (χ3v) is 4.37. The lowest BCUT2D eigenvalue weighted by Crippen LogP contribution is -2.37. The number of hydrogen-bond donors (Lipinski definition) is 0. The predicted octanol–water partition coefficient (Wildman–Crippen LogP) is 3.38. The molecular weight excluding hydrogens is 160 g/mol. The molecular formula is C12H22O. The first-order chi connectivity index (χ1) is 6.11. The van der Waals surface area contributed by atoms with Crippen LogP contribution in [0, 0.1) is 10.8 Å². The Morgan fingerprint density at radius 2 is 1.62 bits per heavy atom.